The lowest BCUT2D eigenvalue weighted by Gasteiger charge is -2.23. The van der Waals surface area contributed by atoms with Crippen LogP contribution in [0.15, 0.2) is 99.4 Å². The van der Waals surface area contributed by atoms with E-state index in [0.717, 1.165) is 31.4 Å². The molecule has 0 aliphatic heterocycles. The summed E-state index contributed by atoms with van der Waals surface area (Å²) in [6.07, 6.45) is 1.55. The van der Waals surface area contributed by atoms with Crippen LogP contribution < -0.4 is 9.73 Å². The van der Waals surface area contributed by atoms with Crippen LogP contribution in [0.2, 0.25) is 5.02 Å². The van der Waals surface area contributed by atoms with Crippen molar-refractivity contribution in [3.05, 3.63) is 111 Å². The Morgan fingerprint density at radius 3 is 2.35 bits per heavy atom. The number of anilines is 1. The van der Waals surface area contributed by atoms with Gasteiger partial charge >= 0.3 is 0 Å². The monoisotopic (exact) mass is 598 g/mol. The van der Waals surface area contributed by atoms with Crippen LogP contribution in [0, 0.1) is 13.8 Å². The van der Waals surface area contributed by atoms with Crippen molar-refractivity contribution in [2.24, 2.45) is 5.10 Å². The second-order valence-electron chi connectivity index (χ2n) is 8.21. The second-order valence-corrected chi connectivity index (χ2v) is 11.4. The number of para-hydroxylation sites is 2. The molecule has 0 saturated heterocycles. The van der Waals surface area contributed by atoms with Crippen LogP contribution in [0.25, 0.3) is 5.69 Å². The number of rotatable bonds is 8. The largest absolute Gasteiger partial charge is 0.317 e. The number of hydrogen-bond donors (Lipinski definition) is 1. The van der Waals surface area contributed by atoms with Crippen molar-refractivity contribution >= 4 is 55.4 Å². The molecule has 0 aliphatic carbocycles. The molecule has 0 saturated carbocycles. The van der Waals surface area contributed by atoms with E-state index in [9.17, 15) is 13.2 Å². The molecule has 10 heteroatoms. The Morgan fingerprint density at radius 1 is 1.03 bits per heavy atom. The van der Waals surface area contributed by atoms with Gasteiger partial charge < -0.3 is 4.57 Å². The number of sulfonamides is 1. The first-order valence-corrected chi connectivity index (χ1v) is 13.9. The molecule has 1 N–H and O–H groups in total. The van der Waals surface area contributed by atoms with Gasteiger partial charge in [0.05, 0.1) is 22.5 Å². The zero-order valence-electron chi connectivity index (χ0n) is 20.1. The van der Waals surface area contributed by atoms with Gasteiger partial charge in [-0.2, -0.15) is 5.10 Å². The third-order valence-corrected chi connectivity index (χ3v) is 8.40. The number of halogens is 2. The quantitative estimate of drug-likeness (QED) is 0.204. The molecule has 0 atom stereocenters. The Hall–Kier alpha value is -3.40. The first-order chi connectivity index (χ1) is 17.7. The van der Waals surface area contributed by atoms with E-state index in [1.54, 1.807) is 36.5 Å². The molecule has 7 nitrogen and oxygen atoms in total. The lowest BCUT2D eigenvalue weighted by Crippen LogP contribution is -2.39. The standard InChI is InChI=1S/C27H24BrClN4O3S/c1-19-16-21(20(2)33(19)26-11-7-6-10-25(26)28)17-30-31-27(34)18-32(23-8-4-3-5-9-23)37(35,36)24-14-12-22(29)13-15-24/h3-17H,18H2,1-2H3,(H,31,34)/b30-17-. The number of benzene rings is 3. The Morgan fingerprint density at radius 2 is 1.68 bits per heavy atom. The van der Waals surface area contributed by atoms with Crippen LogP contribution in [0.4, 0.5) is 5.69 Å². The van der Waals surface area contributed by atoms with E-state index in [1.807, 2.05) is 44.2 Å². The first-order valence-electron chi connectivity index (χ1n) is 11.3. The molecule has 190 valence electrons. The van der Waals surface area contributed by atoms with Crippen molar-refractivity contribution in [3.8, 4) is 5.69 Å². The number of carbonyl (C=O) groups is 1. The van der Waals surface area contributed by atoms with Crippen LogP contribution in [-0.2, 0) is 14.8 Å². The highest BCUT2D eigenvalue weighted by Crippen LogP contribution is 2.26. The predicted octanol–water partition coefficient (Wildman–Crippen LogP) is 5.86. The van der Waals surface area contributed by atoms with Crippen LogP contribution in [0.5, 0.6) is 0 Å². The Bertz CT molecular complexity index is 1550. The summed E-state index contributed by atoms with van der Waals surface area (Å²) in [6.45, 7) is 3.50. The summed E-state index contributed by atoms with van der Waals surface area (Å²) in [7, 11) is -4.03. The highest BCUT2D eigenvalue weighted by atomic mass is 79.9. The maximum atomic E-state index is 13.4. The van der Waals surface area contributed by atoms with Crippen LogP contribution in [0.1, 0.15) is 17.0 Å². The fourth-order valence-electron chi connectivity index (χ4n) is 3.90. The summed E-state index contributed by atoms with van der Waals surface area (Å²) >= 11 is 9.51. The van der Waals surface area contributed by atoms with Crippen molar-refractivity contribution in [2.75, 3.05) is 10.8 Å². The Kier molecular flexibility index (Phi) is 8.16. The second kappa shape index (κ2) is 11.3. The molecule has 4 rings (SSSR count). The minimum absolute atomic E-state index is 0.0246. The van der Waals surface area contributed by atoms with Gasteiger partial charge in [-0.25, -0.2) is 13.8 Å². The van der Waals surface area contributed by atoms with Crippen molar-refractivity contribution in [1.82, 2.24) is 9.99 Å². The topological polar surface area (TPSA) is 83.8 Å². The molecule has 0 spiro atoms. The predicted molar refractivity (Wildman–Crippen MR) is 151 cm³/mol. The molecule has 0 radical (unpaired) electrons. The van der Waals surface area contributed by atoms with Gasteiger partial charge in [0.2, 0.25) is 0 Å². The van der Waals surface area contributed by atoms with Gasteiger partial charge in [-0.3, -0.25) is 9.10 Å². The lowest BCUT2D eigenvalue weighted by atomic mass is 10.2. The van der Waals surface area contributed by atoms with E-state index in [0.29, 0.717) is 10.7 Å². The highest BCUT2D eigenvalue weighted by Gasteiger charge is 2.27. The molecule has 4 aromatic rings. The molecule has 0 bridgehead atoms. The molecule has 0 aliphatic rings. The van der Waals surface area contributed by atoms with Gasteiger partial charge in [-0.05, 0) is 84.4 Å². The van der Waals surface area contributed by atoms with Crippen LogP contribution in [-0.4, -0.2) is 31.7 Å². The number of aryl methyl sites for hydroxylation is 1. The highest BCUT2D eigenvalue weighted by molar-refractivity contribution is 9.10. The van der Waals surface area contributed by atoms with Crippen LogP contribution >= 0.6 is 27.5 Å². The van der Waals surface area contributed by atoms with Crippen molar-refractivity contribution < 1.29 is 13.2 Å². The molecule has 37 heavy (non-hydrogen) atoms. The fourth-order valence-corrected chi connectivity index (χ4v) is 5.91. The van der Waals surface area contributed by atoms with Gasteiger partial charge in [0.1, 0.15) is 6.54 Å². The Balaban J connectivity index is 1.54. The van der Waals surface area contributed by atoms with Crippen molar-refractivity contribution in [1.29, 1.82) is 0 Å². The number of aromatic nitrogens is 1. The minimum atomic E-state index is -4.03. The SMILES string of the molecule is Cc1cc(/C=N\NC(=O)CN(c2ccccc2)S(=O)(=O)c2ccc(Cl)cc2)c(C)n1-c1ccccc1Br. The number of hydrogen-bond acceptors (Lipinski definition) is 4. The maximum Gasteiger partial charge on any atom is 0.264 e. The van der Waals surface area contributed by atoms with Gasteiger partial charge in [0, 0.05) is 26.4 Å². The number of carbonyl (C=O) groups excluding carboxylic acids is 1. The van der Waals surface area contributed by atoms with Crippen LogP contribution in [0.3, 0.4) is 0 Å². The summed E-state index contributed by atoms with van der Waals surface area (Å²) in [4.78, 5) is 12.8. The van der Waals surface area contributed by atoms with Gasteiger partial charge in [0.15, 0.2) is 0 Å². The summed E-state index contributed by atoms with van der Waals surface area (Å²) in [6, 6.07) is 24.1. The van der Waals surface area contributed by atoms with Gasteiger partial charge in [-0.15, -0.1) is 0 Å². The molecular formula is C27H24BrClN4O3S. The van der Waals surface area contributed by atoms with Crippen molar-refractivity contribution in [3.63, 3.8) is 0 Å². The molecular weight excluding hydrogens is 576 g/mol. The molecule has 1 heterocycles. The molecule has 0 fully saturated rings. The van der Waals surface area contributed by atoms with E-state index in [4.69, 9.17) is 11.6 Å². The van der Waals surface area contributed by atoms with Gasteiger partial charge in [-0.1, -0.05) is 41.9 Å². The summed E-state index contributed by atoms with van der Waals surface area (Å²) in [5, 5.41) is 4.51. The first kappa shape index (κ1) is 26.7. The van der Waals surface area contributed by atoms with E-state index < -0.39 is 22.5 Å². The third-order valence-electron chi connectivity index (χ3n) is 5.69. The summed E-state index contributed by atoms with van der Waals surface area (Å²) in [5.41, 5.74) is 6.57. The average molecular weight is 600 g/mol. The number of nitrogens with one attached hydrogen (secondary N) is 1. The smallest absolute Gasteiger partial charge is 0.264 e. The van der Waals surface area contributed by atoms with E-state index in [1.165, 1.54) is 24.3 Å². The minimum Gasteiger partial charge on any atom is -0.317 e. The Labute approximate surface area is 229 Å². The van der Waals surface area contributed by atoms with Crippen molar-refractivity contribution in [2.45, 2.75) is 18.7 Å². The fraction of sp³-hybridized carbons (Fsp3) is 0.111. The number of hydrazone groups is 1. The molecule has 0 unspecified atom stereocenters. The number of nitrogens with zero attached hydrogens (tertiary/aromatic N) is 3. The summed E-state index contributed by atoms with van der Waals surface area (Å²) in [5.74, 6) is -0.586. The molecule has 1 aromatic heterocycles. The summed E-state index contributed by atoms with van der Waals surface area (Å²) < 4.78 is 30.8. The number of amides is 1. The van der Waals surface area contributed by atoms with Gasteiger partial charge in [0.25, 0.3) is 15.9 Å². The molecule has 3 aromatic carbocycles. The molecule has 1 amide bonds. The normalized spacial score (nSPS) is 11.6. The maximum absolute atomic E-state index is 13.4. The lowest BCUT2D eigenvalue weighted by molar-refractivity contribution is -0.119. The third kappa shape index (κ3) is 5.95. The van der Waals surface area contributed by atoms with E-state index in [2.05, 4.69) is 31.0 Å². The van der Waals surface area contributed by atoms with E-state index >= 15 is 0 Å². The zero-order valence-corrected chi connectivity index (χ0v) is 23.3. The van der Waals surface area contributed by atoms with E-state index in [-0.39, 0.29) is 4.90 Å². The average Bonchev–Trinajstić information content (AvgIpc) is 3.16. The zero-order chi connectivity index (χ0) is 26.6.